The number of hydrogen-bond acceptors (Lipinski definition) is 3. The van der Waals surface area contributed by atoms with Crippen LogP contribution in [-0.4, -0.2) is 29.4 Å². The van der Waals surface area contributed by atoms with Gasteiger partial charge in [0.25, 0.3) is 0 Å². The van der Waals surface area contributed by atoms with Gasteiger partial charge in [0, 0.05) is 6.54 Å². The van der Waals surface area contributed by atoms with Gasteiger partial charge in [-0.25, -0.2) is 0 Å². The normalized spacial score (nSPS) is 25.9. The zero-order valence-corrected chi connectivity index (χ0v) is 14.6. The molecule has 2 rings (SSSR count). The number of nitrogens with one attached hydrogen (secondary N) is 1. The molecule has 1 aliphatic rings. The third-order valence-corrected chi connectivity index (χ3v) is 5.60. The lowest BCUT2D eigenvalue weighted by Crippen LogP contribution is -2.58. The first-order chi connectivity index (χ1) is 10.5. The van der Waals surface area contributed by atoms with Crippen molar-refractivity contribution >= 4 is 0 Å². The van der Waals surface area contributed by atoms with E-state index < -0.39 is 0 Å². The molecule has 1 aromatic carbocycles. The van der Waals surface area contributed by atoms with E-state index in [0.717, 1.165) is 37.6 Å². The lowest BCUT2D eigenvalue weighted by Gasteiger charge is -2.46. The van der Waals surface area contributed by atoms with Crippen LogP contribution in [0.4, 0.5) is 0 Å². The van der Waals surface area contributed by atoms with Gasteiger partial charge in [-0.3, -0.25) is 4.90 Å². The van der Waals surface area contributed by atoms with Crippen LogP contribution >= 0.6 is 0 Å². The van der Waals surface area contributed by atoms with Crippen LogP contribution in [0.3, 0.4) is 0 Å². The second-order valence-corrected chi connectivity index (χ2v) is 7.38. The van der Waals surface area contributed by atoms with E-state index in [0.29, 0.717) is 0 Å². The van der Waals surface area contributed by atoms with Gasteiger partial charge in [-0.05, 0) is 63.5 Å². The fourth-order valence-corrected chi connectivity index (χ4v) is 3.63. The van der Waals surface area contributed by atoms with Crippen LogP contribution < -0.4 is 5.48 Å². The smallest absolute Gasteiger partial charge is 0.0942 e. The third kappa shape index (κ3) is 4.09. The Morgan fingerprint density at radius 3 is 2.32 bits per heavy atom. The van der Waals surface area contributed by atoms with E-state index in [2.05, 4.69) is 62.5 Å². The summed E-state index contributed by atoms with van der Waals surface area (Å²) in [5, 5.41) is 9.78. The van der Waals surface area contributed by atoms with Gasteiger partial charge in [0.1, 0.15) is 0 Å². The van der Waals surface area contributed by atoms with Crippen molar-refractivity contribution in [3.63, 3.8) is 0 Å². The fourth-order valence-electron chi connectivity index (χ4n) is 3.63. The lowest BCUT2D eigenvalue weighted by atomic mass is 9.76. The molecule has 0 radical (unpaired) electrons. The zero-order valence-electron chi connectivity index (χ0n) is 14.6. The van der Waals surface area contributed by atoms with Crippen molar-refractivity contribution in [2.45, 2.75) is 58.5 Å². The zero-order chi connectivity index (χ0) is 16.2. The molecule has 0 aliphatic heterocycles. The molecule has 2 N–H and O–H groups in total. The highest BCUT2D eigenvalue weighted by Gasteiger charge is 2.38. The van der Waals surface area contributed by atoms with Crippen molar-refractivity contribution in [2.75, 3.05) is 13.6 Å². The Hall–Kier alpha value is -0.900. The van der Waals surface area contributed by atoms with Gasteiger partial charge in [0.2, 0.25) is 0 Å². The summed E-state index contributed by atoms with van der Waals surface area (Å²) in [6.45, 7) is 7.70. The average Bonchev–Trinajstić information content (AvgIpc) is 2.54. The van der Waals surface area contributed by atoms with E-state index in [1.165, 1.54) is 24.0 Å². The summed E-state index contributed by atoms with van der Waals surface area (Å²) in [6.07, 6.45) is 5.46. The van der Waals surface area contributed by atoms with Gasteiger partial charge >= 0.3 is 0 Å². The summed E-state index contributed by atoms with van der Waals surface area (Å²) in [5.74, 6) is 1.54. The Morgan fingerprint density at radius 2 is 1.82 bits per heavy atom. The first-order valence-electron chi connectivity index (χ1n) is 8.65. The quantitative estimate of drug-likeness (QED) is 0.616. The number of nitrogens with zero attached hydrogens (tertiary/aromatic N) is 1. The first-order valence-corrected chi connectivity index (χ1v) is 8.65. The maximum Gasteiger partial charge on any atom is 0.0942 e. The second kappa shape index (κ2) is 7.58. The molecule has 124 valence electrons. The maximum absolute atomic E-state index is 9.78. The minimum Gasteiger partial charge on any atom is -0.315 e. The minimum absolute atomic E-state index is 0.240. The molecule has 0 saturated heterocycles. The van der Waals surface area contributed by atoms with Crippen LogP contribution in [0.15, 0.2) is 24.3 Å². The highest BCUT2D eigenvalue weighted by atomic mass is 16.5. The van der Waals surface area contributed by atoms with E-state index in [9.17, 15) is 5.21 Å². The SMILES string of the molecule is Cc1ccc(CCN(C)C2(NO)CCC(C(C)C)CC2)cc1. The van der Waals surface area contributed by atoms with Gasteiger partial charge < -0.3 is 5.21 Å². The fraction of sp³-hybridized carbons (Fsp3) is 0.684. The molecule has 0 spiro atoms. The topological polar surface area (TPSA) is 35.5 Å². The predicted octanol–water partition coefficient (Wildman–Crippen LogP) is 3.99. The Morgan fingerprint density at radius 1 is 1.23 bits per heavy atom. The number of aryl methyl sites for hydroxylation is 1. The van der Waals surface area contributed by atoms with Crippen molar-refractivity contribution in [1.29, 1.82) is 0 Å². The molecular weight excluding hydrogens is 272 g/mol. The molecule has 0 amide bonds. The summed E-state index contributed by atoms with van der Waals surface area (Å²) in [4.78, 5) is 2.31. The molecule has 1 aliphatic carbocycles. The molecule has 1 aromatic rings. The molecule has 1 fully saturated rings. The average molecular weight is 304 g/mol. The van der Waals surface area contributed by atoms with Gasteiger partial charge in [-0.15, -0.1) is 0 Å². The summed E-state index contributed by atoms with van der Waals surface area (Å²) in [6, 6.07) is 8.75. The molecule has 0 unspecified atom stereocenters. The summed E-state index contributed by atoms with van der Waals surface area (Å²) < 4.78 is 0. The second-order valence-electron chi connectivity index (χ2n) is 7.38. The van der Waals surface area contributed by atoms with Crippen LogP contribution in [0.25, 0.3) is 0 Å². The van der Waals surface area contributed by atoms with E-state index in [1.807, 2.05) is 0 Å². The van der Waals surface area contributed by atoms with Crippen molar-refractivity contribution in [3.05, 3.63) is 35.4 Å². The van der Waals surface area contributed by atoms with Crippen molar-refractivity contribution < 1.29 is 5.21 Å². The molecular formula is C19H32N2O. The Kier molecular flexibility index (Phi) is 6.01. The Balaban J connectivity index is 1.91. The summed E-state index contributed by atoms with van der Waals surface area (Å²) >= 11 is 0. The minimum atomic E-state index is -0.240. The number of hydroxylamine groups is 1. The molecule has 22 heavy (non-hydrogen) atoms. The van der Waals surface area contributed by atoms with Crippen molar-refractivity contribution in [1.82, 2.24) is 10.4 Å². The van der Waals surface area contributed by atoms with E-state index >= 15 is 0 Å². The largest absolute Gasteiger partial charge is 0.315 e. The molecule has 0 heterocycles. The van der Waals surface area contributed by atoms with Crippen molar-refractivity contribution in [3.8, 4) is 0 Å². The van der Waals surface area contributed by atoms with Crippen LogP contribution in [0, 0.1) is 18.8 Å². The van der Waals surface area contributed by atoms with Crippen LogP contribution in [0.2, 0.25) is 0 Å². The molecule has 1 saturated carbocycles. The summed E-state index contributed by atoms with van der Waals surface area (Å²) in [7, 11) is 2.13. The molecule has 0 aromatic heterocycles. The summed E-state index contributed by atoms with van der Waals surface area (Å²) in [5.41, 5.74) is 5.07. The van der Waals surface area contributed by atoms with E-state index in [4.69, 9.17) is 0 Å². The van der Waals surface area contributed by atoms with Gasteiger partial charge in [-0.2, -0.15) is 5.48 Å². The molecule has 0 bridgehead atoms. The number of rotatable bonds is 6. The number of hydrogen-bond donors (Lipinski definition) is 2. The highest BCUT2D eigenvalue weighted by molar-refractivity contribution is 5.21. The third-order valence-electron chi connectivity index (χ3n) is 5.60. The highest BCUT2D eigenvalue weighted by Crippen LogP contribution is 2.37. The number of likely N-dealkylation sites (N-methyl/N-ethyl adjacent to an activating group) is 1. The van der Waals surface area contributed by atoms with Gasteiger partial charge in [0.05, 0.1) is 5.66 Å². The monoisotopic (exact) mass is 304 g/mol. The lowest BCUT2D eigenvalue weighted by molar-refractivity contribution is -0.0713. The standard InChI is InChI=1S/C19H32N2O/c1-15(2)18-9-12-19(20-22,13-10-18)21(4)14-11-17-7-5-16(3)6-8-17/h5-8,15,18,20,22H,9-14H2,1-4H3. The van der Waals surface area contributed by atoms with Gasteiger partial charge in [0.15, 0.2) is 0 Å². The molecule has 0 atom stereocenters. The van der Waals surface area contributed by atoms with Crippen molar-refractivity contribution in [2.24, 2.45) is 11.8 Å². The molecule has 3 nitrogen and oxygen atoms in total. The maximum atomic E-state index is 9.78. The predicted molar refractivity (Wildman–Crippen MR) is 92.0 cm³/mol. The van der Waals surface area contributed by atoms with E-state index in [1.54, 1.807) is 0 Å². The van der Waals surface area contributed by atoms with Crippen LogP contribution in [-0.2, 0) is 6.42 Å². The first kappa shape index (κ1) is 17.5. The molecule has 3 heteroatoms. The Labute approximate surface area is 135 Å². The van der Waals surface area contributed by atoms with Crippen LogP contribution in [0.1, 0.15) is 50.7 Å². The van der Waals surface area contributed by atoms with Gasteiger partial charge in [-0.1, -0.05) is 43.7 Å². The Bertz CT molecular complexity index is 447. The number of benzene rings is 1. The van der Waals surface area contributed by atoms with Crippen LogP contribution in [0.5, 0.6) is 0 Å². The van der Waals surface area contributed by atoms with E-state index in [-0.39, 0.29) is 5.66 Å².